The summed E-state index contributed by atoms with van der Waals surface area (Å²) >= 11 is 3.05. The fourth-order valence-corrected chi connectivity index (χ4v) is 1.80. The second-order valence-corrected chi connectivity index (χ2v) is 4.08. The smallest absolute Gasteiger partial charge is 0.132 e. The summed E-state index contributed by atoms with van der Waals surface area (Å²) in [5, 5.41) is 29.4. The van der Waals surface area contributed by atoms with Gasteiger partial charge in [-0.1, -0.05) is 15.9 Å². The minimum Gasteiger partial charge on any atom is -0.507 e. The first-order valence-corrected chi connectivity index (χ1v) is 6.04. The number of aliphatic hydroxyl groups excluding tert-OH is 2. The number of alkyl halides is 1. The van der Waals surface area contributed by atoms with Gasteiger partial charge in [-0.25, -0.2) is 0 Å². The summed E-state index contributed by atoms with van der Waals surface area (Å²) in [6.07, 6.45) is -2.28. The number of phenolic OH excluding ortho intramolecular Hbond substituents is 1. The van der Waals surface area contributed by atoms with Gasteiger partial charge >= 0.3 is 0 Å². The van der Waals surface area contributed by atoms with Crippen LogP contribution < -0.4 is 9.47 Å². The van der Waals surface area contributed by atoms with Crippen LogP contribution in [0.5, 0.6) is 17.2 Å². The van der Waals surface area contributed by atoms with Crippen LogP contribution in [0, 0.1) is 0 Å². The van der Waals surface area contributed by atoms with Gasteiger partial charge < -0.3 is 24.8 Å². The van der Waals surface area contributed by atoms with Crippen molar-refractivity contribution in [2.45, 2.75) is 12.2 Å². The molecule has 5 nitrogen and oxygen atoms in total. The summed E-state index contributed by atoms with van der Waals surface area (Å²) in [6.45, 7) is 0. The quantitative estimate of drug-likeness (QED) is 0.712. The first-order chi connectivity index (χ1) is 8.04. The third-order valence-corrected chi connectivity index (χ3v) is 3.03. The number of halogens is 1. The first kappa shape index (κ1) is 14.1. The molecule has 3 N–H and O–H groups in total. The van der Waals surface area contributed by atoms with Crippen LogP contribution in [0.25, 0.3) is 0 Å². The van der Waals surface area contributed by atoms with Gasteiger partial charge in [0.25, 0.3) is 0 Å². The van der Waals surface area contributed by atoms with Crippen molar-refractivity contribution < 1.29 is 24.8 Å². The molecule has 6 heteroatoms. The fourth-order valence-electron chi connectivity index (χ4n) is 1.45. The van der Waals surface area contributed by atoms with E-state index in [1.165, 1.54) is 26.4 Å². The molecule has 0 saturated carbocycles. The Morgan fingerprint density at radius 2 is 1.88 bits per heavy atom. The van der Waals surface area contributed by atoms with Gasteiger partial charge in [0.2, 0.25) is 0 Å². The summed E-state index contributed by atoms with van der Waals surface area (Å²) in [4.78, 5) is 0. The predicted molar refractivity (Wildman–Crippen MR) is 66.0 cm³/mol. The van der Waals surface area contributed by atoms with Gasteiger partial charge in [0, 0.05) is 17.5 Å². The second-order valence-electron chi connectivity index (χ2n) is 3.43. The molecule has 0 amide bonds. The molecule has 2 unspecified atom stereocenters. The molecule has 0 radical (unpaired) electrons. The number of benzene rings is 1. The van der Waals surface area contributed by atoms with Crippen molar-refractivity contribution in [1.29, 1.82) is 0 Å². The number of rotatable bonds is 5. The van der Waals surface area contributed by atoms with Gasteiger partial charge in [-0.2, -0.15) is 0 Å². The van der Waals surface area contributed by atoms with E-state index < -0.39 is 12.2 Å². The Bertz CT molecular complexity index is 382. The highest BCUT2D eigenvalue weighted by Crippen LogP contribution is 2.38. The maximum Gasteiger partial charge on any atom is 0.132 e. The molecular weight excluding hydrogens is 292 g/mol. The highest BCUT2D eigenvalue weighted by molar-refractivity contribution is 9.09. The predicted octanol–water partition coefficient (Wildman–Crippen LogP) is 1.20. The summed E-state index contributed by atoms with van der Waals surface area (Å²) in [5.74, 6) is 0.478. The monoisotopic (exact) mass is 306 g/mol. The van der Waals surface area contributed by atoms with Crippen molar-refractivity contribution in [2.75, 3.05) is 19.5 Å². The van der Waals surface area contributed by atoms with E-state index in [1.807, 2.05) is 0 Å². The van der Waals surface area contributed by atoms with Gasteiger partial charge in [-0.3, -0.25) is 0 Å². The highest BCUT2D eigenvalue weighted by Gasteiger charge is 2.25. The maximum absolute atomic E-state index is 9.88. The third kappa shape index (κ3) is 3.02. The summed E-state index contributed by atoms with van der Waals surface area (Å²) < 4.78 is 10.0. The third-order valence-electron chi connectivity index (χ3n) is 2.37. The Balaban J connectivity index is 3.22. The molecule has 96 valence electrons. The normalized spacial score (nSPS) is 14.2. The number of hydrogen-bond acceptors (Lipinski definition) is 5. The van der Waals surface area contributed by atoms with Gasteiger partial charge in [0.1, 0.15) is 23.4 Å². The summed E-state index contributed by atoms with van der Waals surface area (Å²) in [5.41, 5.74) is 0.139. The van der Waals surface area contributed by atoms with Crippen LogP contribution in [-0.2, 0) is 0 Å². The van der Waals surface area contributed by atoms with Gasteiger partial charge in [0.05, 0.1) is 25.9 Å². The van der Waals surface area contributed by atoms with E-state index in [2.05, 4.69) is 15.9 Å². The molecule has 0 aromatic heterocycles. The van der Waals surface area contributed by atoms with Gasteiger partial charge in [0.15, 0.2) is 0 Å². The fraction of sp³-hybridized carbons (Fsp3) is 0.455. The molecule has 0 heterocycles. The number of aliphatic hydroxyl groups is 2. The molecule has 0 bridgehead atoms. The minimum absolute atomic E-state index is 0.139. The van der Waals surface area contributed by atoms with E-state index >= 15 is 0 Å². The molecule has 0 aliphatic carbocycles. The maximum atomic E-state index is 9.88. The molecule has 0 saturated heterocycles. The van der Waals surface area contributed by atoms with Crippen LogP contribution in [0.3, 0.4) is 0 Å². The Hall–Kier alpha value is -0.980. The van der Waals surface area contributed by atoms with Crippen LogP contribution in [0.4, 0.5) is 0 Å². The van der Waals surface area contributed by atoms with Crippen LogP contribution in [-0.4, -0.2) is 41.0 Å². The lowest BCUT2D eigenvalue weighted by atomic mass is 10.0. The molecule has 0 spiro atoms. The van der Waals surface area contributed by atoms with Crippen molar-refractivity contribution in [3.05, 3.63) is 17.7 Å². The van der Waals surface area contributed by atoms with E-state index in [4.69, 9.17) is 9.47 Å². The average Bonchev–Trinajstić information content (AvgIpc) is 2.35. The summed E-state index contributed by atoms with van der Waals surface area (Å²) in [6, 6.07) is 2.88. The molecule has 2 atom stereocenters. The van der Waals surface area contributed by atoms with Crippen LogP contribution in [0.1, 0.15) is 11.7 Å². The first-order valence-electron chi connectivity index (χ1n) is 4.92. The van der Waals surface area contributed by atoms with E-state index in [1.54, 1.807) is 0 Å². The van der Waals surface area contributed by atoms with E-state index in [0.717, 1.165) is 0 Å². The lowest BCUT2D eigenvalue weighted by molar-refractivity contribution is 0.0311. The lowest BCUT2D eigenvalue weighted by Crippen LogP contribution is -2.20. The van der Waals surface area contributed by atoms with E-state index in [9.17, 15) is 15.3 Å². The number of aromatic hydroxyl groups is 1. The topological polar surface area (TPSA) is 79.2 Å². The van der Waals surface area contributed by atoms with E-state index in [-0.39, 0.29) is 22.4 Å². The van der Waals surface area contributed by atoms with Gasteiger partial charge in [-0.05, 0) is 0 Å². The molecule has 17 heavy (non-hydrogen) atoms. The van der Waals surface area contributed by atoms with Crippen molar-refractivity contribution in [3.63, 3.8) is 0 Å². The molecule has 0 aliphatic rings. The molecule has 1 aromatic carbocycles. The molecule has 0 fully saturated rings. The highest BCUT2D eigenvalue weighted by atomic mass is 79.9. The van der Waals surface area contributed by atoms with Crippen LogP contribution in [0.2, 0.25) is 0 Å². The van der Waals surface area contributed by atoms with Crippen molar-refractivity contribution in [1.82, 2.24) is 0 Å². The number of ether oxygens (including phenoxy) is 2. The van der Waals surface area contributed by atoms with Crippen molar-refractivity contribution in [3.8, 4) is 17.2 Å². The zero-order valence-electron chi connectivity index (χ0n) is 9.55. The second kappa shape index (κ2) is 6.09. The van der Waals surface area contributed by atoms with Gasteiger partial charge in [-0.15, -0.1) is 0 Å². The number of methoxy groups -OCH3 is 2. The Morgan fingerprint density at radius 1 is 1.24 bits per heavy atom. The largest absolute Gasteiger partial charge is 0.507 e. The standard InChI is InChI=1S/C11H15BrO5/c1-16-6-3-7(13)10(9(4-6)17-2)11(15)8(14)5-12/h3-4,8,11,13-15H,5H2,1-2H3. The Labute approximate surface area is 108 Å². The minimum atomic E-state index is -1.24. The Morgan fingerprint density at radius 3 is 2.35 bits per heavy atom. The molecule has 1 aromatic rings. The van der Waals surface area contributed by atoms with Crippen LogP contribution >= 0.6 is 15.9 Å². The van der Waals surface area contributed by atoms with E-state index in [0.29, 0.717) is 5.75 Å². The zero-order chi connectivity index (χ0) is 13.0. The Kier molecular flexibility index (Phi) is 5.04. The summed E-state index contributed by atoms with van der Waals surface area (Å²) in [7, 11) is 2.86. The molecule has 1 rings (SSSR count). The van der Waals surface area contributed by atoms with Crippen molar-refractivity contribution in [2.24, 2.45) is 0 Å². The number of phenols is 1. The van der Waals surface area contributed by atoms with Crippen LogP contribution in [0.15, 0.2) is 12.1 Å². The number of hydrogen-bond donors (Lipinski definition) is 3. The SMILES string of the molecule is COc1cc(O)c(C(O)C(O)CBr)c(OC)c1. The zero-order valence-corrected chi connectivity index (χ0v) is 11.1. The average molecular weight is 307 g/mol. The van der Waals surface area contributed by atoms with Crippen molar-refractivity contribution >= 4 is 15.9 Å². The molecule has 0 aliphatic heterocycles. The lowest BCUT2D eigenvalue weighted by Gasteiger charge is -2.20. The molecular formula is C11H15BrO5.